The Kier molecular flexibility index (Phi) is 3.75. The van der Waals surface area contributed by atoms with E-state index in [0.717, 1.165) is 12.1 Å². The highest BCUT2D eigenvalue weighted by Crippen LogP contribution is 2.37. The Morgan fingerprint density at radius 2 is 2.00 bits per heavy atom. The number of rotatable bonds is 3. The zero-order chi connectivity index (χ0) is 16.7. The van der Waals surface area contributed by atoms with Gasteiger partial charge in [-0.05, 0) is 31.0 Å². The summed E-state index contributed by atoms with van der Waals surface area (Å²) in [6.07, 6.45) is 4.52. The van der Waals surface area contributed by atoms with Crippen LogP contribution in [0.3, 0.4) is 0 Å². The van der Waals surface area contributed by atoms with Gasteiger partial charge in [-0.1, -0.05) is 23.7 Å². The predicted molar refractivity (Wildman–Crippen MR) is 88.1 cm³/mol. The maximum atomic E-state index is 13.1. The molecule has 0 N–H and O–H groups in total. The van der Waals surface area contributed by atoms with Crippen LogP contribution in [0.4, 0.5) is 0 Å². The van der Waals surface area contributed by atoms with Gasteiger partial charge in [0.05, 0.1) is 16.8 Å². The fourth-order valence-corrected chi connectivity index (χ4v) is 5.28. The van der Waals surface area contributed by atoms with Gasteiger partial charge in [0.1, 0.15) is 11.2 Å². The maximum Gasteiger partial charge on any atom is 0.252 e. The minimum absolute atomic E-state index is 0.127. The topological polar surface area (TPSA) is 80.5 Å². The Hall–Kier alpha value is -2.03. The largest absolute Gasteiger partial charge is 0.252 e. The van der Waals surface area contributed by atoms with E-state index in [-0.39, 0.29) is 16.0 Å². The second-order valence-corrected chi connectivity index (χ2v) is 7.81. The summed E-state index contributed by atoms with van der Waals surface area (Å²) in [6.45, 7) is 0.441. The van der Waals surface area contributed by atoms with Gasteiger partial charge in [-0.2, -0.15) is 18.9 Å². The first-order chi connectivity index (χ1) is 11.6. The molecule has 1 atom stereocenters. The molecule has 0 radical (unpaired) electrons. The number of hydrogen-bond acceptors (Lipinski definition) is 5. The molecule has 0 aliphatic carbocycles. The second-order valence-electron chi connectivity index (χ2n) is 5.55. The van der Waals surface area contributed by atoms with Crippen LogP contribution < -0.4 is 0 Å². The lowest BCUT2D eigenvalue weighted by molar-refractivity contribution is 0.385. The molecule has 3 aromatic rings. The number of halogens is 1. The number of nitrogens with zero attached hydrogens (tertiary/aromatic N) is 5. The third kappa shape index (κ3) is 2.38. The Morgan fingerprint density at radius 3 is 2.83 bits per heavy atom. The first-order valence-corrected chi connectivity index (χ1v) is 9.32. The Balaban J connectivity index is 1.81. The fraction of sp³-hybridized carbons (Fsp3) is 0.267. The number of sulfonamides is 1. The monoisotopic (exact) mass is 363 g/mol. The van der Waals surface area contributed by atoms with Crippen molar-refractivity contribution in [1.82, 2.24) is 23.9 Å². The molecule has 1 fully saturated rings. The highest BCUT2D eigenvalue weighted by Gasteiger charge is 2.38. The standard InChI is InChI=1S/C15H14ClN5O2S/c16-11-4-1-2-6-14(11)24(22,23)20-9-3-5-12(20)13-7-8-17-15-18-10-19-21(13)15/h1-2,4,6-8,10,12H,3,5,9H2. The van der Waals surface area contributed by atoms with E-state index in [1.54, 1.807) is 35.0 Å². The van der Waals surface area contributed by atoms with Crippen molar-refractivity contribution in [2.75, 3.05) is 6.54 Å². The molecule has 4 rings (SSSR count). The molecule has 3 heterocycles. The molecular formula is C15H14ClN5O2S. The van der Waals surface area contributed by atoms with Gasteiger partial charge in [-0.15, -0.1) is 0 Å². The molecule has 0 bridgehead atoms. The van der Waals surface area contributed by atoms with Gasteiger partial charge in [-0.25, -0.2) is 13.4 Å². The van der Waals surface area contributed by atoms with E-state index in [2.05, 4.69) is 15.1 Å². The molecule has 1 saturated heterocycles. The van der Waals surface area contributed by atoms with E-state index in [4.69, 9.17) is 11.6 Å². The van der Waals surface area contributed by atoms with Crippen LogP contribution in [-0.4, -0.2) is 38.8 Å². The smallest absolute Gasteiger partial charge is 0.220 e. The van der Waals surface area contributed by atoms with Crippen molar-refractivity contribution in [3.05, 3.63) is 53.6 Å². The molecule has 1 aliphatic rings. The Bertz CT molecular complexity index is 1000. The quantitative estimate of drug-likeness (QED) is 0.713. The van der Waals surface area contributed by atoms with Gasteiger partial charge in [-0.3, -0.25) is 0 Å². The number of benzene rings is 1. The van der Waals surface area contributed by atoms with E-state index < -0.39 is 10.0 Å². The van der Waals surface area contributed by atoms with E-state index in [0.29, 0.717) is 18.7 Å². The first kappa shape index (κ1) is 15.5. The predicted octanol–water partition coefficient (Wildman–Crippen LogP) is 2.30. The molecule has 1 unspecified atom stereocenters. The lowest BCUT2D eigenvalue weighted by Gasteiger charge is -2.24. The lowest BCUT2D eigenvalue weighted by Crippen LogP contribution is -2.32. The molecule has 1 aromatic carbocycles. The molecule has 1 aliphatic heterocycles. The zero-order valence-electron chi connectivity index (χ0n) is 12.6. The average molecular weight is 364 g/mol. The molecule has 24 heavy (non-hydrogen) atoms. The highest BCUT2D eigenvalue weighted by atomic mass is 35.5. The first-order valence-electron chi connectivity index (χ1n) is 7.50. The molecule has 9 heteroatoms. The summed E-state index contributed by atoms with van der Waals surface area (Å²) in [7, 11) is -3.70. The van der Waals surface area contributed by atoms with Crippen molar-refractivity contribution in [3.63, 3.8) is 0 Å². The van der Waals surface area contributed by atoms with Crippen LogP contribution in [0.15, 0.2) is 47.8 Å². The van der Waals surface area contributed by atoms with Gasteiger partial charge in [0.25, 0.3) is 5.78 Å². The van der Waals surface area contributed by atoms with Gasteiger partial charge < -0.3 is 0 Å². The normalized spacial score (nSPS) is 19.1. The van der Waals surface area contributed by atoms with Crippen LogP contribution in [-0.2, 0) is 10.0 Å². The van der Waals surface area contributed by atoms with Gasteiger partial charge in [0.15, 0.2) is 0 Å². The van der Waals surface area contributed by atoms with E-state index in [1.807, 2.05) is 0 Å². The van der Waals surface area contributed by atoms with Crippen LogP contribution in [0.2, 0.25) is 5.02 Å². The van der Waals surface area contributed by atoms with Crippen LogP contribution >= 0.6 is 11.6 Å². The molecule has 0 spiro atoms. The van der Waals surface area contributed by atoms with Crippen molar-refractivity contribution in [2.45, 2.75) is 23.8 Å². The second kappa shape index (κ2) is 5.80. The lowest BCUT2D eigenvalue weighted by atomic mass is 10.1. The number of aromatic nitrogens is 4. The molecule has 0 amide bonds. The molecular weight excluding hydrogens is 350 g/mol. The Morgan fingerprint density at radius 1 is 1.17 bits per heavy atom. The summed E-state index contributed by atoms with van der Waals surface area (Å²) in [4.78, 5) is 8.32. The SMILES string of the molecule is O=S(=O)(c1ccccc1Cl)N1CCCC1c1ccnc2ncnn12. The molecule has 2 aromatic heterocycles. The van der Waals surface area contributed by atoms with Gasteiger partial charge in [0.2, 0.25) is 10.0 Å². The third-order valence-corrected chi connectivity index (χ3v) is 6.59. The van der Waals surface area contributed by atoms with Crippen molar-refractivity contribution >= 4 is 27.4 Å². The van der Waals surface area contributed by atoms with Crippen LogP contribution in [0.1, 0.15) is 24.6 Å². The van der Waals surface area contributed by atoms with Crippen molar-refractivity contribution in [2.24, 2.45) is 0 Å². The third-order valence-electron chi connectivity index (χ3n) is 4.18. The van der Waals surface area contributed by atoms with Crippen molar-refractivity contribution in [3.8, 4) is 0 Å². The average Bonchev–Trinajstić information content (AvgIpc) is 3.24. The van der Waals surface area contributed by atoms with Crippen molar-refractivity contribution in [1.29, 1.82) is 0 Å². The van der Waals surface area contributed by atoms with Gasteiger partial charge in [0, 0.05) is 12.7 Å². The molecule has 124 valence electrons. The zero-order valence-corrected chi connectivity index (χ0v) is 14.2. The summed E-state index contributed by atoms with van der Waals surface area (Å²) in [5.41, 5.74) is 0.755. The van der Waals surface area contributed by atoms with Gasteiger partial charge >= 0.3 is 0 Å². The number of hydrogen-bond donors (Lipinski definition) is 0. The molecule has 0 saturated carbocycles. The highest BCUT2D eigenvalue weighted by molar-refractivity contribution is 7.89. The summed E-state index contributed by atoms with van der Waals surface area (Å²) in [5, 5.41) is 4.39. The summed E-state index contributed by atoms with van der Waals surface area (Å²) in [5.74, 6) is 0.453. The fourth-order valence-electron chi connectivity index (χ4n) is 3.11. The number of fused-ring (bicyclic) bond motifs is 1. The van der Waals surface area contributed by atoms with E-state index in [9.17, 15) is 8.42 Å². The van der Waals surface area contributed by atoms with Crippen LogP contribution in [0, 0.1) is 0 Å². The maximum absolute atomic E-state index is 13.1. The summed E-state index contributed by atoms with van der Waals surface area (Å²) in [6, 6.07) is 7.97. The summed E-state index contributed by atoms with van der Waals surface area (Å²) >= 11 is 6.12. The van der Waals surface area contributed by atoms with Crippen LogP contribution in [0.5, 0.6) is 0 Å². The van der Waals surface area contributed by atoms with E-state index in [1.165, 1.54) is 16.7 Å². The molecule has 7 nitrogen and oxygen atoms in total. The minimum Gasteiger partial charge on any atom is -0.220 e. The minimum atomic E-state index is -3.70. The van der Waals surface area contributed by atoms with E-state index >= 15 is 0 Å². The van der Waals surface area contributed by atoms with Crippen molar-refractivity contribution < 1.29 is 8.42 Å². The summed E-state index contributed by atoms with van der Waals surface area (Å²) < 4.78 is 29.3. The van der Waals surface area contributed by atoms with Crippen LogP contribution in [0.25, 0.3) is 5.78 Å². The Labute approximate surface area is 144 Å².